The van der Waals surface area contributed by atoms with Gasteiger partial charge in [-0.2, -0.15) is 0 Å². The van der Waals surface area contributed by atoms with Crippen molar-refractivity contribution in [2.45, 2.75) is 33.2 Å². The summed E-state index contributed by atoms with van der Waals surface area (Å²) in [6, 6.07) is 4.29. The first-order valence-corrected chi connectivity index (χ1v) is 5.81. The van der Waals surface area contributed by atoms with E-state index in [1.165, 1.54) is 0 Å². The zero-order chi connectivity index (χ0) is 11.5. The van der Waals surface area contributed by atoms with E-state index in [0.29, 0.717) is 12.0 Å². The van der Waals surface area contributed by atoms with Crippen LogP contribution in [0.5, 0.6) is 0 Å². The highest BCUT2D eigenvalue weighted by molar-refractivity contribution is 5.87. The summed E-state index contributed by atoms with van der Waals surface area (Å²) in [6.45, 7) is 6.63. The van der Waals surface area contributed by atoms with E-state index in [0.717, 1.165) is 23.2 Å². The second kappa shape index (κ2) is 4.56. The number of furan rings is 1. The smallest absolute Gasteiger partial charge is 0.139 e. The molecule has 1 unspecified atom stereocenters. The Balaban J connectivity index is 2.29. The summed E-state index contributed by atoms with van der Waals surface area (Å²) in [5.74, 6) is 1.51. The van der Waals surface area contributed by atoms with Gasteiger partial charge in [-0.15, -0.1) is 0 Å². The standard InChI is InChI=1S/C13H18N2O/c1-4-11(9(2)3)15-13-10-6-8-16-12(10)5-7-14-13/h5-9,11H,4H2,1-3H3,(H,14,15). The number of nitrogens with one attached hydrogen (secondary N) is 1. The van der Waals surface area contributed by atoms with Crippen LogP contribution in [0.3, 0.4) is 0 Å². The number of pyridine rings is 1. The Morgan fingerprint density at radius 1 is 1.38 bits per heavy atom. The van der Waals surface area contributed by atoms with E-state index >= 15 is 0 Å². The summed E-state index contributed by atoms with van der Waals surface area (Å²) < 4.78 is 5.35. The lowest BCUT2D eigenvalue weighted by Crippen LogP contribution is -2.25. The fourth-order valence-corrected chi connectivity index (χ4v) is 1.93. The number of aromatic nitrogens is 1. The Bertz CT molecular complexity index is 462. The molecule has 0 aliphatic carbocycles. The number of hydrogen-bond acceptors (Lipinski definition) is 3. The van der Waals surface area contributed by atoms with Crippen LogP contribution in [0.2, 0.25) is 0 Å². The van der Waals surface area contributed by atoms with Crippen molar-refractivity contribution in [1.82, 2.24) is 4.98 Å². The van der Waals surface area contributed by atoms with E-state index in [1.54, 1.807) is 12.5 Å². The van der Waals surface area contributed by atoms with Crippen LogP contribution in [0.1, 0.15) is 27.2 Å². The highest BCUT2D eigenvalue weighted by Gasteiger charge is 2.13. The van der Waals surface area contributed by atoms with Crippen molar-refractivity contribution < 1.29 is 4.42 Å². The number of rotatable bonds is 4. The molecule has 3 nitrogen and oxygen atoms in total. The van der Waals surface area contributed by atoms with Crippen molar-refractivity contribution in [2.24, 2.45) is 5.92 Å². The van der Waals surface area contributed by atoms with Gasteiger partial charge < -0.3 is 9.73 Å². The maximum absolute atomic E-state index is 5.35. The Morgan fingerprint density at radius 2 is 2.19 bits per heavy atom. The molecule has 1 N–H and O–H groups in total. The minimum atomic E-state index is 0.452. The molecule has 0 radical (unpaired) electrons. The molecule has 0 spiro atoms. The van der Waals surface area contributed by atoms with Crippen molar-refractivity contribution in [3.05, 3.63) is 24.6 Å². The van der Waals surface area contributed by atoms with Crippen LogP contribution in [0.4, 0.5) is 5.82 Å². The van der Waals surface area contributed by atoms with Crippen LogP contribution in [-0.2, 0) is 0 Å². The van der Waals surface area contributed by atoms with Gasteiger partial charge in [0, 0.05) is 12.2 Å². The minimum Gasteiger partial charge on any atom is -0.464 e. The maximum Gasteiger partial charge on any atom is 0.139 e. The quantitative estimate of drug-likeness (QED) is 0.850. The molecular weight excluding hydrogens is 200 g/mol. The second-order valence-corrected chi connectivity index (χ2v) is 4.40. The van der Waals surface area contributed by atoms with Gasteiger partial charge in [0.15, 0.2) is 0 Å². The van der Waals surface area contributed by atoms with Gasteiger partial charge in [0.05, 0.1) is 11.6 Å². The molecule has 0 saturated carbocycles. The van der Waals surface area contributed by atoms with Crippen LogP contribution in [0.25, 0.3) is 11.0 Å². The highest BCUT2D eigenvalue weighted by Crippen LogP contribution is 2.23. The maximum atomic E-state index is 5.35. The molecule has 1 atom stereocenters. The van der Waals surface area contributed by atoms with Gasteiger partial charge in [-0.05, 0) is 24.5 Å². The third-order valence-corrected chi connectivity index (χ3v) is 2.95. The van der Waals surface area contributed by atoms with E-state index in [9.17, 15) is 0 Å². The van der Waals surface area contributed by atoms with Crippen molar-refractivity contribution in [1.29, 1.82) is 0 Å². The average Bonchev–Trinajstić information content (AvgIpc) is 2.73. The predicted octanol–water partition coefficient (Wildman–Crippen LogP) is 3.67. The molecule has 3 heteroatoms. The summed E-state index contributed by atoms with van der Waals surface area (Å²) in [5.41, 5.74) is 0.885. The van der Waals surface area contributed by atoms with Crippen molar-refractivity contribution >= 4 is 16.8 Å². The van der Waals surface area contributed by atoms with E-state index < -0.39 is 0 Å². The lowest BCUT2D eigenvalue weighted by Gasteiger charge is -2.21. The zero-order valence-corrected chi connectivity index (χ0v) is 10.0. The summed E-state index contributed by atoms with van der Waals surface area (Å²) in [7, 11) is 0. The third kappa shape index (κ3) is 2.03. The van der Waals surface area contributed by atoms with E-state index in [1.807, 2.05) is 12.1 Å². The van der Waals surface area contributed by atoms with Crippen LogP contribution < -0.4 is 5.32 Å². The zero-order valence-electron chi connectivity index (χ0n) is 10.0. The second-order valence-electron chi connectivity index (χ2n) is 4.40. The molecule has 0 aliphatic rings. The van der Waals surface area contributed by atoms with Crippen molar-refractivity contribution in [3.63, 3.8) is 0 Å². The Labute approximate surface area is 95.9 Å². The minimum absolute atomic E-state index is 0.452. The summed E-state index contributed by atoms with van der Waals surface area (Å²) in [6.07, 6.45) is 4.57. The van der Waals surface area contributed by atoms with Crippen LogP contribution in [0, 0.1) is 5.92 Å². The molecule has 0 aromatic carbocycles. The van der Waals surface area contributed by atoms with Gasteiger partial charge >= 0.3 is 0 Å². The molecular formula is C13H18N2O. The topological polar surface area (TPSA) is 38.1 Å². The molecule has 16 heavy (non-hydrogen) atoms. The molecule has 0 bridgehead atoms. The lowest BCUT2D eigenvalue weighted by atomic mass is 10.0. The lowest BCUT2D eigenvalue weighted by molar-refractivity contribution is 0.510. The first kappa shape index (κ1) is 11.0. The summed E-state index contributed by atoms with van der Waals surface area (Å²) in [5, 5.41) is 4.54. The Hall–Kier alpha value is -1.51. The van der Waals surface area contributed by atoms with Gasteiger partial charge in [0.2, 0.25) is 0 Å². The molecule has 0 saturated heterocycles. The van der Waals surface area contributed by atoms with Crippen LogP contribution in [0.15, 0.2) is 29.0 Å². The molecule has 2 aromatic rings. The first-order chi connectivity index (χ1) is 7.72. The van der Waals surface area contributed by atoms with E-state index in [2.05, 4.69) is 31.1 Å². The predicted molar refractivity (Wildman–Crippen MR) is 66.5 cm³/mol. The molecule has 0 aliphatic heterocycles. The van der Waals surface area contributed by atoms with Crippen LogP contribution in [-0.4, -0.2) is 11.0 Å². The SMILES string of the molecule is CCC(Nc1nccc2occc12)C(C)C. The van der Waals surface area contributed by atoms with E-state index in [4.69, 9.17) is 4.42 Å². The third-order valence-electron chi connectivity index (χ3n) is 2.95. The normalized spacial score (nSPS) is 13.2. The monoisotopic (exact) mass is 218 g/mol. The molecule has 2 heterocycles. The number of hydrogen-bond donors (Lipinski definition) is 1. The van der Waals surface area contributed by atoms with Crippen LogP contribution >= 0.6 is 0 Å². The van der Waals surface area contributed by atoms with Gasteiger partial charge in [0.25, 0.3) is 0 Å². The van der Waals surface area contributed by atoms with Crippen molar-refractivity contribution in [2.75, 3.05) is 5.32 Å². The fraction of sp³-hybridized carbons (Fsp3) is 0.462. The highest BCUT2D eigenvalue weighted by atomic mass is 16.3. The molecule has 2 rings (SSSR count). The molecule has 86 valence electrons. The largest absolute Gasteiger partial charge is 0.464 e. The van der Waals surface area contributed by atoms with Crippen molar-refractivity contribution in [3.8, 4) is 0 Å². The van der Waals surface area contributed by atoms with E-state index in [-0.39, 0.29) is 0 Å². The van der Waals surface area contributed by atoms with Gasteiger partial charge in [0.1, 0.15) is 11.4 Å². The fourth-order valence-electron chi connectivity index (χ4n) is 1.93. The van der Waals surface area contributed by atoms with Gasteiger partial charge in [-0.25, -0.2) is 4.98 Å². The number of nitrogens with zero attached hydrogens (tertiary/aromatic N) is 1. The Kier molecular flexibility index (Phi) is 3.13. The van der Waals surface area contributed by atoms with Gasteiger partial charge in [-0.1, -0.05) is 20.8 Å². The summed E-state index contributed by atoms with van der Waals surface area (Å²) >= 11 is 0. The first-order valence-electron chi connectivity index (χ1n) is 5.81. The summed E-state index contributed by atoms with van der Waals surface area (Å²) in [4.78, 5) is 4.38. The number of fused-ring (bicyclic) bond motifs is 1. The van der Waals surface area contributed by atoms with Gasteiger partial charge in [-0.3, -0.25) is 0 Å². The molecule has 0 amide bonds. The Morgan fingerprint density at radius 3 is 2.88 bits per heavy atom. The average molecular weight is 218 g/mol. The molecule has 2 aromatic heterocycles. The number of anilines is 1. The molecule has 0 fully saturated rings.